The topological polar surface area (TPSA) is 287 Å². The van der Waals surface area contributed by atoms with E-state index in [1.165, 1.54) is 19.3 Å². The zero-order valence-electron chi connectivity index (χ0n) is 67.9. The molecule has 5 N–H and O–H groups in total. The van der Waals surface area contributed by atoms with E-state index in [4.69, 9.17) is 54.4 Å². The largest absolute Gasteiger partial charge is 0.462 e. The summed E-state index contributed by atoms with van der Waals surface area (Å²) in [6.07, 6.45) is 53.5. The molecular formula is C86H158O20. The molecule has 3 saturated carbocycles. The molecule has 0 heterocycles. The first-order valence-electron chi connectivity index (χ1n) is 43.7. The van der Waals surface area contributed by atoms with Crippen LogP contribution in [0.4, 0.5) is 0 Å². The highest BCUT2D eigenvalue weighted by molar-refractivity contribution is 5.74. The van der Waals surface area contributed by atoms with E-state index in [0.717, 1.165) is 308 Å². The third kappa shape index (κ3) is 51.1. The van der Waals surface area contributed by atoms with Gasteiger partial charge in [-0.1, -0.05) is 247 Å². The number of aliphatic hydroxyl groups excluding tert-OH is 2. The summed E-state index contributed by atoms with van der Waals surface area (Å²) in [6, 6.07) is 0. The molecule has 0 aromatic carbocycles. The highest BCUT2D eigenvalue weighted by Crippen LogP contribution is 2.36. The van der Waals surface area contributed by atoms with Gasteiger partial charge in [0, 0.05) is 24.7 Å². The third-order valence-electron chi connectivity index (χ3n) is 22.5. The van der Waals surface area contributed by atoms with Crippen LogP contribution in [-0.4, -0.2) is 132 Å². The maximum atomic E-state index is 13.3. The fourth-order valence-electron chi connectivity index (χ4n) is 15.4. The molecule has 3 aliphatic carbocycles. The van der Waals surface area contributed by atoms with Crippen molar-refractivity contribution in [1.82, 2.24) is 0 Å². The average Bonchev–Trinajstić information content (AvgIpc) is 0.871. The zero-order chi connectivity index (χ0) is 77.4. The lowest BCUT2D eigenvalue weighted by molar-refractivity contribution is -0.255. The first-order valence-corrected chi connectivity index (χ1v) is 43.7. The SMILES string of the molecule is CC(C)(CO)CO.CCCCCCC(CCCCCCCCCCC(=O)OCC(COC(=O)CCCCCCCCCCC(CCCCCC)OC(=O)C1CCCCC1COO)OC(=O)CCCCCCCCCCC(CCCCCC)OC(=O)C1CCCCC1COO)OC(=O)C1CCCCC1COO. The molecule has 9 unspecified atom stereocenters. The van der Waals surface area contributed by atoms with E-state index in [1.54, 1.807) is 13.8 Å². The van der Waals surface area contributed by atoms with Gasteiger partial charge in [-0.05, 0) is 153 Å². The monoisotopic (exact) mass is 1510 g/mol. The van der Waals surface area contributed by atoms with Crippen molar-refractivity contribution in [3.05, 3.63) is 0 Å². The zero-order valence-corrected chi connectivity index (χ0v) is 67.9. The maximum Gasteiger partial charge on any atom is 0.309 e. The van der Waals surface area contributed by atoms with Crippen molar-refractivity contribution < 1.29 is 97.8 Å². The first-order chi connectivity index (χ1) is 51.6. The quantitative estimate of drug-likeness (QED) is 0.0124. The summed E-state index contributed by atoms with van der Waals surface area (Å²) in [7, 11) is 0. The van der Waals surface area contributed by atoms with Crippen molar-refractivity contribution in [2.24, 2.45) is 40.9 Å². The van der Waals surface area contributed by atoms with Gasteiger partial charge in [0.2, 0.25) is 0 Å². The molecule has 0 aromatic rings. The number of rotatable bonds is 67. The van der Waals surface area contributed by atoms with Gasteiger partial charge in [-0.3, -0.25) is 44.5 Å². The number of ether oxygens (including phenoxy) is 6. The van der Waals surface area contributed by atoms with Crippen LogP contribution in [0.1, 0.15) is 401 Å². The summed E-state index contributed by atoms with van der Waals surface area (Å²) in [5.74, 6) is -2.08. The standard InChI is InChI=1S/C81H146O18.C5H12O2/c1-4-7-10-31-49-69(97-79(85)73-55-43-40-46-66(73)61-93-88)52-34-25-19-13-16-22-28-37-58-76(82)91-64-72(96-78(84)60-39-30-24-18-15-21-27-36-54-71(51-33-12-9-6-3)99-81(87)75-57-45-42-48-68(75)63-95-90)65-92-77(83)59-38-29-23-17-14-20-26-35-53-70(50-32-11-8-5-2)98-80(86)74-56-44-41-47-67(74)62-94-89;1-5(2,3-6)4-7/h66-75,88-90H,4-65H2,1-3H3;6-7H,3-4H2,1-2H3. The fraction of sp³-hybridized carbons (Fsp3) is 0.930. The number of hydrogen-bond acceptors (Lipinski definition) is 20. The van der Waals surface area contributed by atoms with Gasteiger partial charge >= 0.3 is 35.8 Å². The highest BCUT2D eigenvalue weighted by Gasteiger charge is 2.37. The normalized spacial score (nSPS) is 19.4. The lowest BCUT2D eigenvalue weighted by Crippen LogP contribution is -2.33. The lowest BCUT2D eigenvalue weighted by atomic mass is 9.79. The first kappa shape index (κ1) is 98.6. The molecule has 20 nitrogen and oxygen atoms in total. The molecule has 622 valence electrons. The molecule has 3 aliphatic rings. The molecule has 3 fully saturated rings. The minimum Gasteiger partial charge on any atom is -0.462 e. The molecule has 0 radical (unpaired) electrons. The van der Waals surface area contributed by atoms with E-state index >= 15 is 0 Å². The number of carbonyl (C=O) groups is 6. The summed E-state index contributed by atoms with van der Waals surface area (Å²) in [5, 5.41) is 44.2. The molecule has 0 bridgehead atoms. The summed E-state index contributed by atoms with van der Waals surface area (Å²) < 4.78 is 35.6. The Labute approximate surface area is 642 Å². The molecule has 0 spiro atoms. The smallest absolute Gasteiger partial charge is 0.309 e. The molecule has 20 heteroatoms. The van der Waals surface area contributed by atoms with Crippen LogP contribution < -0.4 is 0 Å². The Hall–Kier alpha value is -3.50. The fourth-order valence-corrected chi connectivity index (χ4v) is 15.4. The van der Waals surface area contributed by atoms with E-state index in [9.17, 15) is 28.8 Å². The Kier molecular flexibility index (Phi) is 62.5. The van der Waals surface area contributed by atoms with Crippen LogP contribution in [0.5, 0.6) is 0 Å². The van der Waals surface area contributed by atoms with Gasteiger partial charge < -0.3 is 38.6 Å². The number of carbonyl (C=O) groups excluding carboxylic acids is 6. The van der Waals surface area contributed by atoms with E-state index in [1.807, 2.05) is 0 Å². The van der Waals surface area contributed by atoms with Gasteiger partial charge in [0.05, 0.1) is 50.8 Å². The van der Waals surface area contributed by atoms with Crippen LogP contribution in [-0.2, 0) is 71.9 Å². The second-order valence-electron chi connectivity index (χ2n) is 32.6. The Balaban J connectivity index is 0.00000517. The van der Waals surface area contributed by atoms with Crippen LogP contribution in [0.25, 0.3) is 0 Å². The van der Waals surface area contributed by atoms with Crippen LogP contribution in [0, 0.1) is 40.9 Å². The number of esters is 6. The van der Waals surface area contributed by atoms with Crippen LogP contribution in [0.15, 0.2) is 0 Å². The Morgan fingerprint density at radius 2 is 0.547 bits per heavy atom. The second kappa shape index (κ2) is 67.2. The van der Waals surface area contributed by atoms with E-state index < -0.39 is 12.1 Å². The second-order valence-corrected chi connectivity index (χ2v) is 32.6. The van der Waals surface area contributed by atoms with Gasteiger partial charge in [0.25, 0.3) is 0 Å². The van der Waals surface area contributed by atoms with Gasteiger partial charge in [0.15, 0.2) is 6.10 Å². The van der Waals surface area contributed by atoms with Gasteiger partial charge in [0.1, 0.15) is 31.5 Å². The molecule has 9 atom stereocenters. The predicted octanol–water partition coefficient (Wildman–Crippen LogP) is 21.2. The Morgan fingerprint density at radius 1 is 0.311 bits per heavy atom. The number of unbranched alkanes of at least 4 members (excludes halogenated alkanes) is 30. The minimum atomic E-state index is -0.894. The Bertz CT molecular complexity index is 2020. The number of aliphatic hydroxyl groups is 2. The predicted molar refractivity (Wildman–Crippen MR) is 416 cm³/mol. The van der Waals surface area contributed by atoms with E-state index in [-0.39, 0.29) is 155 Å². The minimum absolute atomic E-state index is 0.00771. The van der Waals surface area contributed by atoms with E-state index in [2.05, 4.69) is 35.4 Å². The summed E-state index contributed by atoms with van der Waals surface area (Å²) >= 11 is 0. The third-order valence-corrected chi connectivity index (χ3v) is 22.5. The Morgan fingerprint density at radius 3 is 0.792 bits per heavy atom. The van der Waals surface area contributed by atoms with Gasteiger partial charge in [-0.2, -0.15) is 0 Å². The van der Waals surface area contributed by atoms with Crippen molar-refractivity contribution in [3.8, 4) is 0 Å². The maximum absolute atomic E-state index is 13.3. The van der Waals surface area contributed by atoms with Crippen molar-refractivity contribution in [3.63, 3.8) is 0 Å². The molecular weight excluding hydrogens is 1350 g/mol. The number of hydrogen-bond donors (Lipinski definition) is 5. The summed E-state index contributed by atoms with van der Waals surface area (Å²) in [4.78, 5) is 92.6. The summed E-state index contributed by atoms with van der Waals surface area (Å²) in [6.45, 7) is 10.5. The molecule has 3 rings (SSSR count). The van der Waals surface area contributed by atoms with Crippen LogP contribution >= 0.6 is 0 Å². The van der Waals surface area contributed by atoms with Crippen LogP contribution in [0.2, 0.25) is 0 Å². The molecule has 0 aliphatic heterocycles. The molecule has 0 amide bonds. The molecule has 0 aromatic heterocycles. The summed E-state index contributed by atoms with van der Waals surface area (Å²) in [5.41, 5.74) is -0.306. The van der Waals surface area contributed by atoms with Crippen molar-refractivity contribution in [1.29, 1.82) is 0 Å². The van der Waals surface area contributed by atoms with E-state index in [0.29, 0.717) is 19.3 Å². The molecule has 0 saturated heterocycles. The van der Waals surface area contributed by atoms with Gasteiger partial charge in [-0.15, -0.1) is 0 Å². The molecule has 106 heavy (non-hydrogen) atoms. The lowest BCUT2D eigenvalue weighted by Gasteiger charge is -2.30. The average molecular weight is 1510 g/mol. The van der Waals surface area contributed by atoms with Crippen molar-refractivity contribution in [2.75, 3.05) is 46.2 Å². The van der Waals surface area contributed by atoms with Crippen molar-refractivity contribution >= 4 is 35.8 Å². The highest BCUT2D eigenvalue weighted by atomic mass is 17.1. The van der Waals surface area contributed by atoms with Gasteiger partial charge in [-0.25, -0.2) is 14.7 Å². The van der Waals surface area contributed by atoms with Crippen molar-refractivity contribution in [2.45, 2.75) is 425 Å². The van der Waals surface area contributed by atoms with Crippen LogP contribution in [0.3, 0.4) is 0 Å².